The first kappa shape index (κ1) is 23.8. The first-order chi connectivity index (χ1) is 13.5. The Kier molecular flexibility index (Phi) is 9.04. The van der Waals surface area contributed by atoms with Gasteiger partial charge in [0.05, 0.1) is 6.04 Å². The lowest BCUT2D eigenvalue weighted by molar-refractivity contribution is -0.121. The van der Waals surface area contributed by atoms with Crippen LogP contribution < -0.4 is 20.7 Å². The second-order valence-electron chi connectivity index (χ2n) is 8.06. The van der Waals surface area contributed by atoms with E-state index in [1.54, 1.807) is 7.05 Å². The van der Waals surface area contributed by atoms with Crippen LogP contribution in [-0.4, -0.2) is 37.1 Å². The van der Waals surface area contributed by atoms with Crippen LogP contribution in [-0.2, 0) is 4.79 Å². The molecule has 29 heavy (non-hydrogen) atoms. The number of amides is 1. The number of para-hydroxylation sites is 1. The van der Waals surface area contributed by atoms with Gasteiger partial charge in [-0.15, -0.1) is 24.0 Å². The van der Waals surface area contributed by atoms with Crippen molar-refractivity contribution in [2.75, 3.05) is 13.6 Å². The van der Waals surface area contributed by atoms with E-state index in [0.29, 0.717) is 13.0 Å². The van der Waals surface area contributed by atoms with E-state index in [-0.39, 0.29) is 47.6 Å². The summed E-state index contributed by atoms with van der Waals surface area (Å²) in [5.74, 6) is 1.78. The van der Waals surface area contributed by atoms with Crippen LogP contribution in [0.25, 0.3) is 0 Å². The Morgan fingerprint density at radius 3 is 2.72 bits per heavy atom. The number of guanidine groups is 1. The summed E-state index contributed by atoms with van der Waals surface area (Å²) in [6.07, 6.45) is 6.99. The predicted molar refractivity (Wildman–Crippen MR) is 128 cm³/mol. The minimum atomic E-state index is -0.0545. The number of hydrogen-bond donors (Lipinski definition) is 3. The van der Waals surface area contributed by atoms with Crippen LogP contribution in [0.4, 0.5) is 0 Å². The number of ether oxygens (including phenoxy) is 1. The number of nitrogens with one attached hydrogen (secondary N) is 3. The molecule has 0 aromatic heterocycles. The molecule has 1 spiro atoms. The minimum absolute atomic E-state index is 0. The topological polar surface area (TPSA) is 74.8 Å². The zero-order valence-corrected chi connectivity index (χ0v) is 20.1. The highest BCUT2D eigenvalue weighted by Gasteiger charge is 2.43. The molecule has 1 heterocycles. The average molecular weight is 514 g/mol. The molecule has 1 aromatic carbocycles. The van der Waals surface area contributed by atoms with Crippen molar-refractivity contribution < 1.29 is 9.53 Å². The van der Waals surface area contributed by atoms with Gasteiger partial charge < -0.3 is 20.7 Å². The largest absolute Gasteiger partial charge is 0.487 e. The Hall–Kier alpha value is -1.51. The minimum Gasteiger partial charge on any atom is -0.487 e. The molecule has 0 bridgehead atoms. The van der Waals surface area contributed by atoms with Gasteiger partial charge in [-0.2, -0.15) is 0 Å². The maximum Gasteiger partial charge on any atom is 0.221 e. The number of benzene rings is 1. The van der Waals surface area contributed by atoms with Gasteiger partial charge in [-0.3, -0.25) is 9.79 Å². The van der Waals surface area contributed by atoms with E-state index in [9.17, 15) is 4.79 Å². The maximum atomic E-state index is 12.0. The summed E-state index contributed by atoms with van der Waals surface area (Å²) in [6.45, 7) is 4.64. The molecule has 3 rings (SSSR count). The van der Waals surface area contributed by atoms with Crippen LogP contribution in [0.2, 0.25) is 0 Å². The van der Waals surface area contributed by atoms with Crippen molar-refractivity contribution in [3.63, 3.8) is 0 Å². The molecular formula is C22H35IN4O2. The highest BCUT2D eigenvalue weighted by Crippen LogP contribution is 2.46. The van der Waals surface area contributed by atoms with Crippen molar-refractivity contribution in [2.45, 2.75) is 76.5 Å². The molecule has 2 unspecified atom stereocenters. The summed E-state index contributed by atoms with van der Waals surface area (Å²) in [6, 6.07) is 8.65. The molecule has 2 atom stereocenters. The van der Waals surface area contributed by atoms with Gasteiger partial charge in [-0.25, -0.2) is 0 Å². The second-order valence-corrected chi connectivity index (χ2v) is 8.06. The summed E-state index contributed by atoms with van der Waals surface area (Å²) >= 11 is 0. The summed E-state index contributed by atoms with van der Waals surface area (Å²) in [4.78, 5) is 16.3. The third-order valence-electron chi connectivity index (χ3n) is 5.91. The zero-order valence-electron chi connectivity index (χ0n) is 17.8. The zero-order chi connectivity index (χ0) is 20.0. The Morgan fingerprint density at radius 1 is 1.31 bits per heavy atom. The SMILES string of the molecule is CCC(C)NC(=O)CCNC(=NC)NC1CC2(CCCC2)Oc2ccccc21.I. The fourth-order valence-corrected chi connectivity index (χ4v) is 4.18. The van der Waals surface area contributed by atoms with Crippen LogP contribution in [0, 0.1) is 0 Å². The predicted octanol–water partition coefficient (Wildman–Crippen LogP) is 3.91. The van der Waals surface area contributed by atoms with Crippen LogP contribution in [0.15, 0.2) is 29.3 Å². The molecule has 0 saturated heterocycles. The van der Waals surface area contributed by atoms with E-state index >= 15 is 0 Å². The molecule has 0 radical (unpaired) electrons. The quantitative estimate of drug-likeness (QED) is 0.306. The smallest absolute Gasteiger partial charge is 0.221 e. The van der Waals surface area contributed by atoms with Crippen molar-refractivity contribution >= 4 is 35.8 Å². The van der Waals surface area contributed by atoms with Gasteiger partial charge in [0.2, 0.25) is 5.91 Å². The number of nitrogens with zero attached hydrogens (tertiary/aromatic N) is 1. The number of carbonyl (C=O) groups is 1. The lowest BCUT2D eigenvalue weighted by Gasteiger charge is -2.40. The summed E-state index contributed by atoms with van der Waals surface area (Å²) in [5.41, 5.74) is 1.12. The molecule has 1 aromatic rings. The molecule has 162 valence electrons. The van der Waals surface area contributed by atoms with Gasteiger partial charge >= 0.3 is 0 Å². The maximum absolute atomic E-state index is 12.0. The van der Waals surface area contributed by atoms with Crippen molar-refractivity contribution in [1.82, 2.24) is 16.0 Å². The molecular weight excluding hydrogens is 479 g/mol. The molecule has 1 saturated carbocycles. The number of fused-ring (bicyclic) bond motifs is 1. The number of hydrogen-bond acceptors (Lipinski definition) is 3. The van der Waals surface area contributed by atoms with Crippen LogP contribution in [0.3, 0.4) is 0 Å². The summed E-state index contributed by atoms with van der Waals surface area (Å²) < 4.78 is 6.43. The van der Waals surface area contributed by atoms with E-state index < -0.39 is 0 Å². The molecule has 6 nitrogen and oxygen atoms in total. The van der Waals surface area contributed by atoms with Crippen LogP contribution in [0.1, 0.15) is 70.4 Å². The Labute approximate surface area is 191 Å². The molecule has 1 fully saturated rings. The Bertz CT molecular complexity index is 704. The third-order valence-corrected chi connectivity index (χ3v) is 5.91. The first-order valence-electron chi connectivity index (χ1n) is 10.6. The standard InChI is InChI=1S/C22H34N4O2.HI/c1-4-16(2)25-20(27)11-14-24-21(23-3)26-18-15-22(12-7-8-13-22)28-19-10-6-5-9-17(18)19;/h5-6,9-10,16,18H,4,7-8,11-15H2,1-3H3,(H,25,27)(H2,23,24,26);1H. The summed E-state index contributed by atoms with van der Waals surface area (Å²) in [7, 11) is 1.77. The Balaban J connectivity index is 0.00000300. The van der Waals surface area contributed by atoms with E-state index in [1.807, 2.05) is 13.0 Å². The van der Waals surface area contributed by atoms with Crippen molar-refractivity contribution in [1.29, 1.82) is 0 Å². The van der Waals surface area contributed by atoms with Crippen molar-refractivity contribution in [3.05, 3.63) is 29.8 Å². The molecule has 3 N–H and O–H groups in total. The lowest BCUT2D eigenvalue weighted by atomic mass is 9.86. The molecule has 1 aliphatic carbocycles. The normalized spacial score (nSPS) is 20.8. The highest BCUT2D eigenvalue weighted by atomic mass is 127. The van der Waals surface area contributed by atoms with Crippen molar-refractivity contribution in [3.8, 4) is 5.75 Å². The Morgan fingerprint density at radius 2 is 2.03 bits per heavy atom. The average Bonchev–Trinajstić information content (AvgIpc) is 3.14. The van der Waals surface area contributed by atoms with Gasteiger partial charge in [0.1, 0.15) is 11.4 Å². The highest BCUT2D eigenvalue weighted by molar-refractivity contribution is 14.0. The van der Waals surface area contributed by atoms with Gasteiger partial charge in [0.15, 0.2) is 5.96 Å². The van der Waals surface area contributed by atoms with E-state index in [0.717, 1.165) is 37.4 Å². The number of halogens is 1. The fraction of sp³-hybridized carbons (Fsp3) is 0.636. The number of carbonyl (C=O) groups excluding carboxylic acids is 1. The van der Waals surface area contributed by atoms with E-state index in [1.165, 1.54) is 18.4 Å². The number of aliphatic imine (C=N–C) groups is 1. The van der Waals surface area contributed by atoms with Crippen LogP contribution >= 0.6 is 24.0 Å². The molecule has 1 aliphatic heterocycles. The third kappa shape index (κ3) is 6.23. The van der Waals surface area contributed by atoms with Gasteiger partial charge in [-0.1, -0.05) is 25.1 Å². The van der Waals surface area contributed by atoms with Gasteiger partial charge in [0.25, 0.3) is 0 Å². The molecule has 2 aliphatic rings. The van der Waals surface area contributed by atoms with Gasteiger partial charge in [0, 0.05) is 38.0 Å². The van der Waals surface area contributed by atoms with Crippen molar-refractivity contribution in [2.24, 2.45) is 4.99 Å². The fourth-order valence-electron chi connectivity index (χ4n) is 4.18. The van der Waals surface area contributed by atoms with E-state index in [2.05, 4.69) is 46.1 Å². The van der Waals surface area contributed by atoms with E-state index in [4.69, 9.17) is 4.74 Å². The van der Waals surface area contributed by atoms with Crippen LogP contribution in [0.5, 0.6) is 5.75 Å². The lowest BCUT2D eigenvalue weighted by Crippen LogP contribution is -2.47. The monoisotopic (exact) mass is 514 g/mol. The summed E-state index contributed by atoms with van der Waals surface area (Å²) in [5, 5.41) is 9.84. The second kappa shape index (κ2) is 11.0. The van der Waals surface area contributed by atoms with Gasteiger partial charge in [-0.05, 0) is 45.1 Å². The first-order valence-corrected chi connectivity index (χ1v) is 10.6. The molecule has 1 amide bonds. The number of rotatable bonds is 6. The molecule has 7 heteroatoms.